The fourth-order valence-electron chi connectivity index (χ4n) is 3.45. The van der Waals surface area contributed by atoms with Gasteiger partial charge in [-0.3, -0.25) is 19.1 Å². The van der Waals surface area contributed by atoms with Crippen LogP contribution in [0.25, 0.3) is 10.9 Å². The highest BCUT2D eigenvalue weighted by Gasteiger charge is 2.34. The predicted octanol–water partition coefficient (Wildman–Crippen LogP) is 1.75. The SMILES string of the molecule is CC(=O)c1nn(CC(=O)N2CCC[C@H]2C(=O)NC(C)C)c2ccccc12. The number of Topliss-reactive ketones (excluding diaryl/α,β-unsaturated/α-hetero) is 1. The second kappa shape index (κ2) is 7.27. The Labute approximate surface area is 152 Å². The van der Waals surface area contributed by atoms with Crippen LogP contribution >= 0.6 is 0 Å². The highest BCUT2D eigenvalue weighted by atomic mass is 16.2. The van der Waals surface area contributed by atoms with E-state index in [4.69, 9.17) is 0 Å². The monoisotopic (exact) mass is 356 g/mol. The first-order valence-electron chi connectivity index (χ1n) is 8.95. The van der Waals surface area contributed by atoms with Crippen molar-refractivity contribution < 1.29 is 14.4 Å². The van der Waals surface area contributed by atoms with E-state index in [0.29, 0.717) is 18.7 Å². The van der Waals surface area contributed by atoms with Gasteiger partial charge in [-0.05, 0) is 32.8 Å². The first kappa shape index (κ1) is 18.1. The van der Waals surface area contributed by atoms with Crippen LogP contribution in [-0.2, 0) is 16.1 Å². The van der Waals surface area contributed by atoms with Gasteiger partial charge >= 0.3 is 0 Å². The number of likely N-dealkylation sites (tertiary alicyclic amines) is 1. The van der Waals surface area contributed by atoms with E-state index >= 15 is 0 Å². The van der Waals surface area contributed by atoms with Crippen LogP contribution in [-0.4, -0.2) is 50.9 Å². The Balaban J connectivity index is 1.83. The van der Waals surface area contributed by atoms with Gasteiger partial charge in [-0.1, -0.05) is 18.2 Å². The third kappa shape index (κ3) is 3.47. The fraction of sp³-hybridized carbons (Fsp3) is 0.474. The summed E-state index contributed by atoms with van der Waals surface area (Å²) in [7, 11) is 0. The van der Waals surface area contributed by atoms with Crippen molar-refractivity contribution in [2.45, 2.75) is 52.2 Å². The number of aromatic nitrogens is 2. The summed E-state index contributed by atoms with van der Waals surface area (Å²) >= 11 is 0. The number of hydrogen-bond donors (Lipinski definition) is 1. The van der Waals surface area contributed by atoms with Gasteiger partial charge in [0.25, 0.3) is 0 Å². The van der Waals surface area contributed by atoms with Gasteiger partial charge < -0.3 is 10.2 Å². The lowest BCUT2D eigenvalue weighted by atomic mass is 10.2. The van der Waals surface area contributed by atoms with Crippen LogP contribution in [0.15, 0.2) is 24.3 Å². The first-order chi connectivity index (χ1) is 12.4. The molecule has 2 aromatic rings. The summed E-state index contributed by atoms with van der Waals surface area (Å²) in [6.45, 7) is 5.84. The zero-order valence-electron chi connectivity index (χ0n) is 15.4. The molecular formula is C19H24N4O3. The molecule has 1 saturated heterocycles. The van der Waals surface area contributed by atoms with Crippen LogP contribution in [0.2, 0.25) is 0 Å². The zero-order valence-corrected chi connectivity index (χ0v) is 15.4. The normalized spacial score (nSPS) is 17.1. The minimum atomic E-state index is -0.431. The maximum atomic E-state index is 12.8. The van der Waals surface area contributed by atoms with Gasteiger partial charge in [0.15, 0.2) is 5.78 Å². The Morgan fingerprint density at radius 1 is 1.27 bits per heavy atom. The third-order valence-corrected chi connectivity index (χ3v) is 4.58. The summed E-state index contributed by atoms with van der Waals surface area (Å²) in [6, 6.07) is 6.97. The van der Waals surface area contributed by atoms with Crippen LogP contribution in [0.3, 0.4) is 0 Å². The molecule has 3 rings (SSSR count). The summed E-state index contributed by atoms with van der Waals surface area (Å²) in [5.41, 5.74) is 1.11. The summed E-state index contributed by atoms with van der Waals surface area (Å²) in [5, 5.41) is 7.96. The molecule has 1 fully saturated rings. The number of ketones is 1. The molecule has 1 N–H and O–H groups in total. The second-order valence-corrected chi connectivity index (χ2v) is 6.99. The number of nitrogens with one attached hydrogen (secondary N) is 1. The fourth-order valence-corrected chi connectivity index (χ4v) is 3.45. The number of carbonyl (C=O) groups excluding carboxylic acids is 3. The molecule has 1 aliphatic rings. The molecule has 1 aromatic heterocycles. The highest BCUT2D eigenvalue weighted by molar-refractivity contribution is 6.05. The Morgan fingerprint density at radius 3 is 2.69 bits per heavy atom. The topological polar surface area (TPSA) is 84.3 Å². The van der Waals surface area contributed by atoms with Crippen molar-refractivity contribution in [3.05, 3.63) is 30.0 Å². The standard InChI is InChI=1S/C19H24N4O3/c1-12(2)20-19(26)16-9-6-10-22(16)17(25)11-23-15-8-5-4-7-14(15)18(21-23)13(3)24/h4-5,7-8,12,16H,6,9-11H2,1-3H3,(H,20,26)/t16-/m0/s1. The van der Waals surface area contributed by atoms with Crippen molar-refractivity contribution >= 4 is 28.5 Å². The van der Waals surface area contributed by atoms with Gasteiger partial charge in [0.2, 0.25) is 11.8 Å². The van der Waals surface area contributed by atoms with E-state index in [1.165, 1.54) is 6.92 Å². The molecule has 1 atom stereocenters. The lowest BCUT2D eigenvalue weighted by molar-refractivity contribution is -0.139. The zero-order chi connectivity index (χ0) is 18.8. The van der Waals surface area contributed by atoms with Crippen LogP contribution in [0.1, 0.15) is 44.1 Å². The van der Waals surface area contributed by atoms with E-state index in [1.807, 2.05) is 38.1 Å². The minimum absolute atomic E-state index is 0.0131. The first-order valence-corrected chi connectivity index (χ1v) is 8.95. The Morgan fingerprint density at radius 2 is 2.00 bits per heavy atom. The van der Waals surface area contributed by atoms with E-state index < -0.39 is 6.04 Å². The lowest BCUT2D eigenvalue weighted by Gasteiger charge is -2.25. The van der Waals surface area contributed by atoms with Crippen molar-refractivity contribution in [2.24, 2.45) is 0 Å². The van der Waals surface area contributed by atoms with Crippen molar-refractivity contribution in [3.63, 3.8) is 0 Å². The molecule has 1 aromatic carbocycles. The average Bonchev–Trinajstić information content (AvgIpc) is 3.19. The van der Waals surface area contributed by atoms with Gasteiger partial charge in [0.1, 0.15) is 18.3 Å². The molecule has 0 bridgehead atoms. The third-order valence-electron chi connectivity index (χ3n) is 4.58. The second-order valence-electron chi connectivity index (χ2n) is 6.99. The number of hydrogen-bond acceptors (Lipinski definition) is 4. The van der Waals surface area contributed by atoms with Crippen LogP contribution in [0.5, 0.6) is 0 Å². The minimum Gasteiger partial charge on any atom is -0.352 e. The van der Waals surface area contributed by atoms with Gasteiger partial charge in [-0.25, -0.2) is 0 Å². The smallest absolute Gasteiger partial charge is 0.245 e. The van der Waals surface area contributed by atoms with E-state index in [-0.39, 0.29) is 30.2 Å². The van der Waals surface area contributed by atoms with E-state index in [1.54, 1.807) is 9.58 Å². The molecule has 7 heteroatoms. The molecular weight excluding hydrogens is 332 g/mol. The number of fused-ring (bicyclic) bond motifs is 1. The van der Waals surface area contributed by atoms with Crippen molar-refractivity contribution in [1.82, 2.24) is 20.0 Å². The maximum Gasteiger partial charge on any atom is 0.245 e. The largest absolute Gasteiger partial charge is 0.352 e. The molecule has 0 aliphatic carbocycles. The number of nitrogens with zero attached hydrogens (tertiary/aromatic N) is 3. The summed E-state index contributed by atoms with van der Waals surface area (Å²) < 4.78 is 1.56. The van der Waals surface area contributed by atoms with E-state index in [9.17, 15) is 14.4 Å². The molecule has 26 heavy (non-hydrogen) atoms. The molecule has 2 amide bonds. The number of benzene rings is 1. The molecule has 0 saturated carbocycles. The average molecular weight is 356 g/mol. The van der Waals surface area contributed by atoms with E-state index in [0.717, 1.165) is 17.3 Å². The Kier molecular flexibility index (Phi) is 5.06. The van der Waals surface area contributed by atoms with Gasteiger partial charge in [-0.15, -0.1) is 0 Å². The highest BCUT2D eigenvalue weighted by Crippen LogP contribution is 2.21. The predicted molar refractivity (Wildman–Crippen MR) is 97.8 cm³/mol. The summed E-state index contributed by atoms with van der Waals surface area (Å²) in [5.74, 6) is -0.405. The number of carbonyl (C=O) groups is 3. The molecule has 1 aliphatic heterocycles. The van der Waals surface area contributed by atoms with Crippen molar-refractivity contribution in [3.8, 4) is 0 Å². The van der Waals surface area contributed by atoms with Crippen LogP contribution in [0, 0.1) is 0 Å². The van der Waals surface area contributed by atoms with Gasteiger partial charge in [0.05, 0.1) is 5.52 Å². The Bertz CT molecular complexity index is 856. The lowest BCUT2D eigenvalue weighted by Crippen LogP contribution is -2.48. The number of amides is 2. The molecule has 0 spiro atoms. The maximum absolute atomic E-state index is 12.8. The summed E-state index contributed by atoms with van der Waals surface area (Å²) in [6.07, 6.45) is 1.48. The molecule has 0 radical (unpaired) electrons. The van der Waals surface area contributed by atoms with Crippen LogP contribution < -0.4 is 5.32 Å². The van der Waals surface area contributed by atoms with Gasteiger partial charge in [-0.2, -0.15) is 5.10 Å². The van der Waals surface area contributed by atoms with Gasteiger partial charge in [0, 0.05) is 24.9 Å². The van der Waals surface area contributed by atoms with Crippen LogP contribution in [0.4, 0.5) is 0 Å². The quantitative estimate of drug-likeness (QED) is 0.827. The number of para-hydroxylation sites is 1. The molecule has 7 nitrogen and oxygen atoms in total. The van der Waals surface area contributed by atoms with Crippen molar-refractivity contribution in [2.75, 3.05) is 6.54 Å². The summed E-state index contributed by atoms with van der Waals surface area (Å²) in [4.78, 5) is 38.7. The Hall–Kier alpha value is -2.70. The van der Waals surface area contributed by atoms with E-state index in [2.05, 4.69) is 10.4 Å². The molecule has 2 heterocycles. The number of rotatable bonds is 5. The molecule has 138 valence electrons. The molecule has 0 unspecified atom stereocenters. The van der Waals surface area contributed by atoms with Crippen molar-refractivity contribution in [1.29, 1.82) is 0 Å².